The molecule has 0 radical (unpaired) electrons. The van der Waals surface area contributed by atoms with Gasteiger partial charge in [0, 0.05) is 5.75 Å². The van der Waals surface area contributed by atoms with Crippen molar-refractivity contribution in [2.24, 2.45) is 5.73 Å². The van der Waals surface area contributed by atoms with Crippen LogP contribution in [-0.2, 0) is 6.42 Å². The highest BCUT2D eigenvalue weighted by Gasteiger charge is 2.11. The smallest absolute Gasteiger partial charge is 0.234 e. The molecule has 0 aliphatic heterocycles. The van der Waals surface area contributed by atoms with E-state index in [1.807, 2.05) is 6.07 Å². The van der Waals surface area contributed by atoms with Crippen LogP contribution >= 0.6 is 12.6 Å². The number of hydrogen-bond acceptors (Lipinski definition) is 6. The zero-order chi connectivity index (χ0) is 8.97. The second kappa shape index (κ2) is 4.09. The van der Waals surface area contributed by atoms with Gasteiger partial charge in [-0.15, -0.1) is 10.2 Å². The Kier molecular flexibility index (Phi) is 3.08. The second-order valence-corrected chi connectivity index (χ2v) is 2.52. The summed E-state index contributed by atoms with van der Waals surface area (Å²) in [6.07, 6.45) is 0.117. The molecule has 0 bridgehead atoms. The lowest BCUT2D eigenvalue weighted by molar-refractivity contribution is 0.438. The van der Waals surface area contributed by atoms with E-state index in [9.17, 15) is 0 Å². The lowest BCUT2D eigenvalue weighted by Crippen LogP contribution is -2.11. The Morgan fingerprint density at radius 1 is 1.67 bits per heavy atom. The standard InChI is InChI=1S/C6H8N4OS/c7-2-1-5-9-10-6(11-5)4(8)3-12/h4,12H,1,3,8H2. The predicted molar refractivity (Wildman–Crippen MR) is 44.4 cm³/mol. The number of nitrogens with two attached hydrogens (primary N) is 1. The van der Waals surface area contributed by atoms with Crippen LogP contribution in [0.25, 0.3) is 0 Å². The largest absolute Gasteiger partial charge is 0.422 e. The van der Waals surface area contributed by atoms with E-state index in [2.05, 4.69) is 22.8 Å². The molecule has 0 fully saturated rings. The maximum Gasteiger partial charge on any atom is 0.234 e. The third-order valence-electron chi connectivity index (χ3n) is 1.23. The van der Waals surface area contributed by atoms with Crippen molar-refractivity contribution in [2.45, 2.75) is 12.5 Å². The normalized spacial score (nSPS) is 12.4. The van der Waals surface area contributed by atoms with Gasteiger partial charge in [0.05, 0.1) is 12.1 Å². The van der Waals surface area contributed by atoms with Crippen molar-refractivity contribution in [3.8, 4) is 6.07 Å². The first kappa shape index (κ1) is 9.03. The molecule has 1 aromatic rings. The summed E-state index contributed by atoms with van der Waals surface area (Å²) in [6, 6.07) is 1.54. The Hall–Kier alpha value is -1.06. The summed E-state index contributed by atoms with van der Waals surface area (Å²) in [7, 11) is 0. The summed E-state index contributed by atoms with van der Waals surface area (Å²) < 4.78 is 5.06. The Bertz CT molecular complexity index is 292. The van der Waals surface area contributed by atoms with Crippen LogP contribution in [0.5, 0.6) is 0 Å². The molecule has 1 aromatic heterocycles. The molecule has 0 amide bonds. The van der Waals surface area contributed by atoms with Gasteiger partial charge in [-0.3, -0.25) is 0 Å². The van der Waals surface area contributed by atoms with E-state index in [0.717, 1.165) is 0 Å². The number of rotatable bonds is 3. The van der Waals surface area contributed by atoms with E-state index in [1.165, 1.54) is 0 Å². The number of nitriles is 1. The molecule has 6 heteroatoms. The van der Waals surface area contributed by atoms with Crippen molar-refractivity contribution in [2.75, 3.05) is 5.75 Å². The SMILES string of the molecule is N#CCc1nnc(C(N)CS)o1. The fourth-order valence-corrected chi connectivity index (χ4v) is 0.790. The van der Waals surface area contributed by atoms with Crippen LogP contribution in [0.2, 0.25) is 0 Å². The monoisotopic (exact) mass is 184 g/mol. The molecule has 0 spiro atoms. The third kappa shape index (κ3) is 1.96. The molecule has 0 saturated heterocycles. The predicted octanol–water partition coefficient (Wildman–Crippen LogP) is 0.0653. The molecule has 1 heterocycles. The van der Waals surface area contributed by atoms with Crippen molar-refractivity contribution in [1.29, 1.82) is 5.26 Å². The van der Waals surface area contributed by atoms with E-state index in [0.29, 0.717) is 17.5 Å². The van der Waals surface area contributed by atoms with Gasteiger partial charge < -0.3 is 10.2 Å². The Morgan fingerprint density at radius 3 is 3.00 bits per heavy atom. The molecule has 0 saturated carbocycles. The van der Waals surface area contributed by atoms with Gasteiger partial charge >= 0.3 is 0 Å². The van der Waals surface area contributed by atoms with Crippen molar-refractivity contribution >= 4 is 12.6 Å². The van der Waals surface area contributed by atoms with E-state index < -0.39 is 0 Å². The van der Waals surface area contributed by atoms with Crippen molar-refractivity contribution in [3.63, 3.8) is 0 Å². The molecule has 12 heavy (non-hydrogen) atoms. The van der Waals surface area contributed by atoms with Crippen LogP contribution in [0.3, 0.4) is 0 Å². The van der Waals surface area contributed by atoms with Gasteiger partial charge in [0.1, 0.15) is 6.42 Å². The molecule has 2 N–H and O–H groups in total. The molecule has 0 aliphatic rings. The minimum Gasteiger partial charge on any atom is -0.422 e. The maximum atomic E-state index is 8.30. The van der Waals surface area contributed by atoms with E-state index in [1.54, 1.807) is 0 Å². The molecule has 5 nitrogen and oxygen atoms in total. The van der Waals surface area contributed by atoms with Gasteiger partial charge in [-0.2, -0.15) is 17.9 Å². The topological polar surface area (TPSA) is 88.7 Å². The third-order valence-corrected chi connectivity index (χ3v) is 1.62. The van der Waals surface area contributed by atoms with Crippen LogP contribution in [-0.4, -0.2) is 16.0 Å². The highest BCUT2D eigenvalue weighted by Crippen LogP contribution is 2.09. The molecular formula is C6H8N4OS. The van der Waals surface area contributed by atoms with Gasteiger partial charge in [-0.1, -0.05) is 0 Å². The second-order valence-electron chi connectivity index (χ2n) is 2.16. The summed E-state index contributed by atoms with van der Waals surface area (Å²) in [5.74, 6) is 1.06. The van der Waals surface area contributed by atoms with Gasteiger partial charge in [-0.05, 0) is 0 Å². The van der Waals surface area contributed by atoms with Gasteiger partial charge in [0.25, 0.3) is 0 Å². The average Bonchev–Trinajstić information content (AvgIpc) is 2.52. The molecule has 1 unspecified atom stereocenters. The van der Waals surface area contributed by atoms with Crippen molar-refractivity contribution < 1.29 is 4.42 Å². The zero-order valence-electron chi connectivity index (χ0n) is 6.27. The minimum absolute atomic E-state index is 0.117. The first-order valence-electron chi connectivity index (χ1n) is 3.33. The van der Waals surface area contributed by atoms with E-state index in [-0.39, 0.29) is 12.5 Å². The first-order chi connectivity index (χ1) is 5.77. The van der Waals surface area contributed by atoms with Crippen LogP contribution in [0.15, 0.2) is 4.42 Å². The average molecular weight is 184 g/mol. The highest BCUT2D eigenvalue weighted by molar-refractivity contribution is 7.80. The maximum absolute atomic E-state index is 8.30. The van der Waals surface area contributed by atoms with Gasteiger partial charge in [0.15, 0.2) is 0 Å². The summed E-state index contributed by atoms with van der Waals surface area (Å²) in [5.41, 5.74) is 5.55. The van der Waals surface area contributed by atoms with Crippen LogP contribution in [0.4, 0.5) is 0 Å². The van der Waals surface area contributed by atoms with Crippen molar-refractivity contribution in [3.05, 3.63) is 11.8 Å². The number of hydrogen-bond donors (Lipinski definition) is 2. The van der Waals surface area contributed by atoms with Gasteiger partial charge in [-0.25, -0.2) is 0 Å². The Morgan fingerprint density at radius 2 is 2.42 bits per heavy atom. The van der Waals surface area contributed by atoms with Crippen LogP contribution in [0.1, 0.15) is 17.8 Å². The lowest BCUT2D eigenvalue weighted by Gasteiger charge is -1.98. The molecular weight excluding hydrogens is 176 g/mol. The molecule has 0 aliphatic carbocycles. The number of nitrogens with zero attached hydrogens (tertiary/aromatic N) is 3. The van der Waals surface area contributed by atoms with E-state index in [4.69, 9.17) is 15.4 Å². The summed E-state index contributed by atoms with van der Waals surface area (Å²) >= 11 is 3.97. The number of aromatic nitrogens is 2. The molecule has 0 aromatic carbocycles. The molecule has 64 valence electrons. The summed E-state index contributed by atoms with van der Waals surface area (Å²) in [5, 5.41) is 15.6. The first-order valence-corrected chi connectivity index (χ1v) is 3.97. The fourth-order valence-electron chi connectivity index (χ4n) is 0.634. The lowest BCUT2D eigenvalue weighted by atomic mass is 10.4. The molecule has 1 rings (SSSR count). The van der Waals surface area contributed by atoms with Crippen LogP contribution in [0, 0.1) is 11.3 Å². The Labute approximate surface area is 75.0 Å². The minimum atomic E-state index is -0.353. The highest BCUT2D eigenvalue weighted by atomic mass is 32.1. The number of thiol groups is 1. The zero-order valence-corrected chi connectivity index (χ0v) is 7.16. The van der Waals surface area contributed by atoms with Crippen LogP contribution < -0.4 is 5.73 Å². The summed E-state index contributed by atoms with van der Waals surface area (Å²) in [6.45, 7) is 0. The summed E-state index contributed by atoms with van der Waals surface area (Å²) in [4.78, 5) is 0. The van der Waals surface area contributed by atoms with Gasteiger partial charge in [0.2, 0.25) is 11.8 Å². The Balaban J connectivity index is 2.71. The molecule has 1 atom stereocenters. The van der Waals surface area contributed by atoms with E-state index >= 15 is 0 Å². The quantitative estimate of drug-likeness (QED) is 0.649. The van der Waals surface area contributed by atoms with Crippen molar-refractivity contribution in [1.82, 2.24) is 10.2 Å². The fraction of sp³-hybridized carbons (Fsp3) is 0.500.